The highest BCUT2D eigenvalue weighted by molar-refractivity contribution is 7.98. The predicted molar refractivity (Wildman–Crippen MR) is 76.2 cm³/mol. The number of nitrogen functional groups attached to an aromatic ring is 1. The number of anilines is 1. The van der Waals surface area contributed by atoms with Crippen LogP contribution in [0, 0.1) is 6.92 Å². The second-order valence-corrected chi connectivity index (χ2v) is 5.98. The lowest BCUT2D eigenvalue weighted by Crippen LogP contribution is -1.97. The zero-order valence-electron chi connectivity index (χ0n) is 11.4. The van der Waals surface area contributed by atoms with Gasteiger partial charge in [0.15, 0.2) is 11.0 Å². The van der Waals surface area contributed by atoms with Crippen LogP contribution >= 0.6 is 11.8 Å². The summed E-state index contributed by atoms with van der Waals surface area (Å²) in [7, 11) is 0. The molecular weight excluding hydrogens is 274 g/mol. The molecule has 7 heteroatoms. The highest BCUT2D eigenvalue weighted by Crippen LogP contribution is 2.32. The molecule has 2 aromatic rings. The van der Waals surface area contributed by atoms with Gasteiger partial charge < -0.3 is 10.3 Å². The van der Waals surface area contributed by atoms with E-state index in [2.05, 4.69) is 20.1 Å². The number of nitrogens with zero attached hydrogens (tertiary/aromatic N) is 4. The van der Waals surface area contributed by atoms with Gasteiger partial charge in [-0.1, -0.05) is 29.8 Å². The van der Waals surface area contributed by atoms with Crippen LogP contribution in [0.25, 0.3) is 0 Å². The molecule has 6 nitrogen and oxygen atoms in total. The lowest BCUT2D eigenvalue weighted by atomic mass is 10.1. The molecule has 0 saturated heterocycles. The zero-order valence-corrected chi connectivity index (χ0v) is 12.2. The summed E-state index contributed by atoms with van der Waals surface area (Å²) < 4.78 is 5.29. The standard InChI is InChI=1S/C13H17N5OS/c1-8-6-10(14)16-13(15-8)20-7-11-17-12(18-19-11)9-4-2-3-5-9/h6,9H,2-5,7H2,1H3,(H2,14,15,16). The maximum atomic E-state index is 5.70. The lowest BCUT2D eigenvalue weighted by molar-refractivity contribution is 0.380. The van der Waals surface area contributed by atoms with Gasteiger partial charge in [0.1, 0.15) is 5.82 Å². The van der Waals surface area contributed by atoms with Gasteiger partial charge in [0.2, 0.25) is 5.89 Å². The molecule has 1 saturated carbocycles. The van der Waals surface area contributed by atoms with Gasteiger partial charge in [-0.25, -0.2) is 9.97 Å². The Labute approximate surface area is 121 Å². The van der Waals surface area contributed by atoms with Crippen LogP contribution < -0.4 is 5.73 Å². The normalized spacial score (nSPS) is 15.8. The second-order valence-electron chi connectivity index (χ2n) is 5.03. The largest absolute Gasteiger partial charge is 0.384 e. The molecule has 0 spiro atoms. The van der Waals surface area contributed by atoms with Crippen LogP contribution in [0.2, 0.25) is 0 Å². The van der Waals surface area contributed by atoms with Gasteiger partial charge in [-0.3, -0.25) is 0 Å². The van der Waals surface area contributed by atoms with E-state index in [0.29, 0.717) is 28.5 Å². The van der Waals surface area contributed by atoms with Crippen LogP contribution in [-0.4, -0.2) is 20.1 Å². The Bertz CT molecular complexity index is 574. The van der Waals surface area contributed by atoms with Crippen molar-refractivity contribution in [2.45, 2.75) is 49.4 Å². The van der Waals surface area contributed by atoms with Crippen LogP contribution in [0.5, 0.6) is 0 Å². The maximum absolute atomic E-state index is 5.70. The Morgan fingerprint density at radius 3 is 2.85 bits per heavy atom. The highest BCUT2D eigenvalue weighted by atomic mass is 32.2. The summed E-state index contributed by atoms with van der Waals surface area (Å²) in [5.74, 6) is 3.01. The molecule has 0 aliphatic heterocycles. The zero-order chi connectivity index (χ0) is 13.9. The number of hydrogen-bond donors (Lipinski definition) is 1. The summed E-state index contributed by atoms with van der Waals surface area (Å²) >= 11 is 1.46. The molecule has 106 valence electrons. The fourth-order valence-electron chi connectivity index (χ4n) is 2.43. The molecule has 3 rings (SSSR count). The van der Waals surface area contributed by atoms with E-state index in [1.807, 2.05) is 6.92 Å². The first-order chi connectivity index (χ1) is 9.70. The Morgan fingerprint density at radius 1 is 1.30 bits per heavy atom. The Balaban J connectivity index is 1.63. The van der Waals surface area contributed by atoms with Crippen molar-refractivity contribution in [2.24, 2.45) is 0 Å². The summed E-state index contributed by atoms with van der Waals surface area (Å²) in [4.78, 5) is 13.0. The van der Waals surface area contributed by atoms with Crippen LogP contribution in [0.4, 0.5) is 5.82 Å². The number of nitrogens with two attached hydrogens (primary N) is 1. The molecule has 20 heavy (non-hydrogen) atoms. The minimum absolute atomic E-state index is 0.475. The monoisotopic (exact) mass is 291 g/mol. The molecule has 2 aromatic heterocycles. The summed E-state index contributed by atoms with van der Waals surface area (Å²) in [6.07, 6.45) is 4.87. The van der Waals surface area contributed by atoms with E-state index in [4.69, 9.17) is 10.3 Å². The first-order valence-corrected chi connectivity index (χ1v) is 7.76. The molecule has 1 aliphatic carbocycles. The van der Waals surface area contributed by atoms with E-state index in [0.717, 1.165) is 11.5 Å². The molecule has 0 bridgehead atoms. The van der Waals surface area contributed by atoms with Gasteiger partial charge in [-0.2, -0.15) is 4.98 Å². The molecule has 2 N–H and O–H groups in total. The molecule has 0 atom stereocenters. The quantitative estimate of drug-likeness (QED) is 0.684. The summed E-state index contributed by atoms with van der Waals surface area (Å²) in [5, 5.41) is 4.72. The summed E-state index contributed by atoms with van der Waals surface area (Å²) in [5.41, 5.74) is 6.56. The average molecular weight is 291 g/mol. The molecular formula is C13H17N5OS. The van der Waals surface area contributed by atoms with Crippen molar-refractivity contribution in [1.82, 2.24) is 20.1 Å². The third kappa shape index (κ3) is 3.09. The smallest absolute Gasteiger partial charge is 0.237 e. The Morgan fingerprint density at radius 2 is 2.10 bits per heavy atom. The SMILES string of the molecule is Cc1cc(N)nc(SCc2nc(C3CCCC3)no2)n1. The summed E-state index contributed by atoms with van der Waals surface area (Å²) in [6, 6.07) is 1.74. The van der Waals surface area contributed by atoms with Crippen molar-refractivity contribution in [1.29, 1.82) is 0 Å². The lowest BCUT2D eigenvalue weighted by Gasteiger charge is -2.00. The van der Waals surface area contributed by atoms with E-state index in [1.54, 1.807) is 6.07 Å². The molecule has 0 amide bonds. The van der Waals surface area contributed by atoms with Gasteiger partial charge in [-0.05, 0) is 19.8 Å². The van der Waals surface area contributed by atoms with Crippen LogP contribution in [0.1, 0.15) is 49.0 Å². The summed E-state index contributed by atoms with van der Waals surface area (Å²) in [6.45, 7) is 1.90. The van der Waals surface area contributed by atoms with Crippen LogP contribution in [0.15, 0.2) is 15.7 Å². The average Bonchev–Trinajstić information content (AvgIpc) is 3.06. The van der Waals surface area contributed by atoms with Crippen molar-refractivity contribution in [3.8, 4) is 0 Å². The van der Waals surface area contributed by atoms with E-state index in [-0.39, 0.29) is 0 Å². The Kier molecular flexibility index (Phi) is 3.86. The fourth-order valence-corrected chi connectivity index (χ4v) is 3.18. The molecule has 0 aromatic carbocycles. The maximum Gasteiger partial charge on any atom is 0.237 e. The number of rotatable bonds is 4. The van der Waals surface area contributed by atoms with Crippen molar-refractivity contribution >= 4 is 17.6 Å². The van der Waals surface area contributed by atoms with Gasteiger partial charge in [0, 0.05) is 17.7 Å². The number of aromatic nitrogens is 4. The topological polar surface area (TPSA) is 90.7 Å². The number of aryl methyl sites for hydroxylation is 1. The third-order valence-electron chi connectivity index (χ3n) is 3.38. The van der Waals surface area contributed by atoms with Crippen molar-refractivity contribution in [3.63, 3.8) is 0 Å². The fraction of sp³-hybridized carbons (Fsp3) is 0.538. The van der Waals surface area contributed by atoms with Gasteiger partial charge in [-0.15, -0.1) is 0 Å². The Hall–Kier alpha value is -1.63. The van der Waals surface area contributed by atoms with Crippen molar-refractivity contribution in [3.05, 3.63) is 23.5 Å². The van der Waals surface area contributed by atoms with Crippen LogP contribution in [0.3, 0.4) is 0 Å². The molecule has 1 aliphatic rings. The first kappa shape index (κ1) is 13.4. The third-order valence-corrected chi connectivity index (χ3v) is 4.21. The molecule has 1 fully saturated rings. The molecule has 2 heterocycles. The van der Waals surface area contributed by atoms with E-state index in [1.165, 1.54) is 37.4 Å². The van der Waals surface area contributed by atoms with Gasteiger partial charge in [0.05, 0.1) is 5.75 Å². The van der Waals surface area contributed by atoms with Gasteiger partial charge >= 0.3 is 0 Å². The number of thioether (sulfide) groups is 1. The second kappa shape index (κ2) is 5.78. The highest BCUT2D eigenvalue weighted by Gasteiger charge is 2.22. The molecule has 0 radical (unpaired) electrons. The van der Waals surface area contributed by atoms with Gasteiger partial charge in [0.25, 0.3) is 0 Å². The minimum Gasteiger partial charge on any atom is -0.384 e. The predicted octanol–water partition coefficient (Wildman–Crippen LogP) is 2.70. The van der Waals surface area contributed by atoms with Crippen molar-refractivity contribution < 1.29 is 4.52 Å². The van der Waals surface area contributed by atoms with E-state index >= 15 is 0 Å². The van der Waals surface area contributed by atoms with Crippen molar-refractivity contribution in [2.75, 3.05) is 5.73 Å². The first-order valence-electron chi connectivity index (χ1n) is 6.77. The number of hydrogen-bond acceptors (Lipinski definition) is 7. The van der Waals surface area contributed by atoms with E-state index < -0.39 is 0 Å². The van der Waals surface area contributed by atoms with Crippen LogP contribution in [-0.2, 0) is 5.75 Å². The molecule has 0 unspecified atom stereocenters. The van der Waals surface area contributed by atoms with E-state index in [9.17, 15) is 0 Å². The minimum atomic E-state index is 0.475.